The van der Waals surface area contributed by atoms with Crippen LogP contribution in [0.25, 0.3) is 11.0 Å². The van der Waals surface area contributed by atoms with Gasteiger partial charge in [-0.15, -0.1) is 0 Å². The Morgan fingerprint density at radius 3 is 2.85 bits per heavy atom. The number of halogens is 1. The van der Waals surface area contributed by atoms with Crippen LogP contribution in [0.3, 0.4) is 0 Å². The van der Waals surface area contributed by atoms with Crippen molar-refractivity contribution in [1.29, 1.82) is 0 Å². The summed E-state index contributed by atoms with van der Waals surface area (Å²) in [7, 11) is 0. The molecular formula is C8H9ClN4. The molecule has 13 heavy (non-hydrogen) atoms. The first-order chi connectivity index (χ1) is 6.29. The van der Waals surface area contributed by atoms with Crippen LogP contribution in [0.1, 0.15) is 0 Å². The van der Waals surface area contributed by atoms with Crippen molar-refractivity contribution in [2.75, 3.05) is 6.54 Å². The first kappa shape index (κ1) is 8.47. The Balaban J connectivity index is 2.49. The number of hydrogen-bond acceptors (Lipinski definition) is 3. The average Bonchev–Trinajstić information content (AvgIpc) is 2.46. The normalized spacial score (nSPS) is 10.9. The summed E-state index contributed by atoms with van der Waals surface area (Å²) in [6, 6.07) is 5.43. The summed E-state index contributed by atoms with van der Waals surface area (Å²) in [5.74, 6) is 0. The highest BCUT2D eigenvalue weighted by molar-refractivity contribution is 6.31. The van der Waals surface area contributed by atoms with Crippen LogP contribution < -0.4 is 5.73 Å². The molecule has 1 heterocycles. The van der Waals surface area contributed by atoms with E-state index in [4.69, 9.17) is 17.3 Å². The van der Waals surface area contributed by atoms with Gasteiger partial charge in [-0.05, 0) is 18.2 Å². The molecule has 0 aliphatic carbocycles. The van der Waals surface area contributed by atoms with Crippen molar-refractivity contribution < 1.29 is 0 Å². The number of hydrogen-bond donors (Lipinski definition) is 1. The minimum atomic E-state index is 0.536. The first-order valence-electron chi connectivity index (χ1n) is 4.00. The number of rotatable bonds is 2. The van der Waals surface area contributed by atoms with Gasteiger partial charge in [0.25, 0.3) is 0 Å². The standard InChI is InChI=1S/C8H9ClN4/c9-6-1-2-7-8(5-6)12-13(11-7)4-3-10/h1-2,5H,3-4,10H2. The molecule has 0 atom stereocenters. The number of aromatic nitrogens is 3. The van der Waals surface area contributed by atoms with Crippen molar-refractivity contribution in [1.82, 2.24) is 15.0 Å². The third kappa shape index (κ3) is 1.64. The molecule has 0 amide bonds. The molecule has 5 heteroatoms. The first-order valence-corrected chi connectivity index (χ1v) is 4.38. The molecule has 1 aromatic carbocycles. The molecule has 0 saturated carbocycles. The van der Waals surface area contributed by atoms with E-state index in [1.807, 2.05) is 6.07 Å². The average molecular weight is 197 g/mol. The quantitative estimate of drug-likeness (QED) is 0.781. The van der Waals surface area contributed by atoms with Crippen LogP contribution in [0.4, 0.5) is 0 Å². The highest BCUT2D eigenvalue weighted by atomic mass is 35.5. The van der Waals surface area contributed by atoms with Gasteiger partial charge in [0.1, 0.15) is 11.0 Å². The van der Waals surface area contributed by atoms with E-state index in [0.717, 1.165) is 11.0 Å². The Labute approximate surface area is 80.3 Å². The zero-order valence-corrected chi connectivity index (χ0v) is 7.70. The molecule has 0 fully saturated rings. The van der Waals surface area contributed by atoms with Gasteiger partial charge < -0.3 is 5.73 Å². The van der Waals surface area contributed by atoms with Gasteiger partial charge >= 0.3 is 0 Å². The summed E-state index contributed by atoms with van der Waals surface area (Å²) in [6.07, 6.45) is 0. The van der Waals surface area contributed by atoms with E-state index < -0.39 is 0 Å². The maximum Gasteiger partial charge on any atom is 0.114 e. The van der Waals surface area contributed by atoms with Crippen molar-refractivity contribution in [3.05, 3.63) is 23.2 Å². The maximum atomic E-state index is 5.80. The van der Waals surface area contributed by atoms with Crippen LogP contribution in [-0.4, -0.2) is 21.5 Å². The Bertz CT molecular complexity index is 423. The molecule has 2 aromatic rings. The molecule has 2 rings (SSSR count). The van der Waals surface area contributed by atoms with Crippen LogP contribution in [0.2, 0.25) is 5.02 Å². The van der Waals surface area contributed by atoms with Crippen LogP contribution >= 0.6 is 11.6 Å². The molecule has 1 aromatic heterocycles. The third-order valence-electron chi connectivity index (χ3n) is 1.71. The third-order valence-corrected chi connectivity index (χ3v) is 1.95. The molecule has 0 aliphatic heterocycles. The van der Waals surface area contributed by atoms with E-state index in [2.05, 4.69) is 10.2 Å². The van der Waals surface area contributed by atoms with E-state index >= 15 is 0 Å². The molecule has 0 unspecified atom stereocenters. The summed E-state index contributed by atoms with van der Waals surface area (Å²) < 4.78 is 0. The lowest BCUT2D eigenvalue weighted by Crippen LogP contribution is -2.12. The number of fused-ring (bicyclic) bond motifs is 1. The highest BCUT2D eigenvalue weighted by Crippen LogP contribution is 2.15. The van der Waals surface area contributed by atoms with Crippen molar-refractivity contribution >= 4 is 22.6 Å². The van der Waals surface area contributed by atoms with Gasteiger partial charge in [0.05, 0.1) is 6.54 Å². The fourth-order valence-corrected chi connectivity index (χ4v) is 1.31. The van der Waals surface area contributed by atoms with Crippen molar-refractivity contribution in [2.24, 2.45) is 5.73 Å². The van der Waals surface area contributed by atoms with Crippen molar-refractivity contribution in [3.63, 3.8) is 0 Å². The lowest BCUT2D eigenvalue weighted by molar-refractivity contribution is 0.553. The molecular weight excluding hydrogens is 188 g/mol. The zero-order valence-electron chi connectivity index (χ0n) is 6.94. The smallest absolute Gasteiger partial charge is 0.114 e. The number of nitrogens with zero attached hydrogens (tertiary/aromatic N) is 3. The highest BCUT2D eigenvalue weighted by Gasteiger charge is 2.01. The molecule has 0 bridgehead atoms. The van der Waals surface area contributed by atoms with Crippen LogP contribution in [0.15, 0.2) is 18.2 Å². The monoisotopic (exact) mass is 196 g/mol. The topological polar surface area (TPSA) is 56.7 Å². The van der Waals surface area contributed by atoms with E-state index in [-0.39, 0.29) is 0 Å². The summed E-state index contributed by atoms with van der Waals surface area (Å²) >= 11 is 5.80. The van der Waals surface area contributed by atoms with Crippen molar-refractivity contribution in [3.8, 4) is 0 Å². The Kier molecular flexibility index (Phi) is 2.16. The summed E-state index contributed by atoms with van der Waals surface area (Å²) in [5.41, 5.74) is 7.04. The van der Waals surface area contributed by atoms with Crippen molar-refractivity contribution in [2.45, 2.75) is 6.54 Å². The summed E-state index contributed by atoms with van der Waals surface area (Å²) in [6.45, 7) is 1.17. The van der Waals surface area contributed by atoms with E-state index in [9.17, 15) is 0 Å². The second-order valence-corrected chi connectivity index (χ2v) is 3.15. The molecule has 68 valence electrons. The Morgan fingerprint density at radius 1 is 1.31 bits per heavy atom. The predicted molar refractivity (Wildman–Crippen MR) is 51.6 cm³/mol. The largest absolute Gasteiger partial charge is 0.329 e. The van der Waals surface area contributed by atoms with Gasteiger partial charge in [-0.3, -0.25) is 0 Å². The van der Waals surface area contributed by atoms with Gasteiger partial charge in [0, 0.05) is 11.6 Å². The Hall–Kier alpha value is -1.13. The second kappa shape index (κ2) is 3.32. The molecule has 0 radical (unpaired) electrons. The Morgan fingerprint density at radius 2 is 2.08 bits per heavy atom. The molecule has 2 N–H and O–H groups in total. The van der Waals surface area contributed by atoms with Gasteiger partial charge in [0.15, 0.2) is 0 Å². The van der Waals surface area contributed by atoms with E-state index in [1.165, 1.54) is 0 Å². The lowest BCUT2D eigenvalue weighted by atomic mass is 10.3. The number of nitrogens with two attached hydrogens (primary N) is 1. The predicted octanol–water partition coefficient (Wildman–Crippen LogP) is 1.04. The van der Waals surface area contributed by atoms with Crippen LogP contribution in [0, 0.1) is 0 Å². The summed E-state index contributed by atoms with van der Waals surface area (Å²) in [5, 5.41) is 9.09. The molecule has 4 nitrogen and oxygen atoms in total. The fraction of sp³-hybridized carbons (Fsp3) is 0.250. The van der Waals surface area contributed by atoms with E-state index in [0.29, 0.717) is 18.1 Å². The number of benzene rings is 1. The zero-order chi connectivity index (χ0) is 9.26. The van der Waals surface area contributed by atoms with Crippen LogP contribution in [-0.2, 0) is 6.54 Å². The summed E-state index contributed by atoms with van der Waals surface area (Å²) in [4.78, 5) is 1.58. The molecule has 0 aliphatic rings. The minimum absolute atomic E-state index is 0.536. The second-order valence-electron chi connectivity index (χ2n) is 2.72. The lowest BCUT2D eigenvalue weighted by Gasteiger charge is -1.91. The molecule has 0 spiro atoms. The molecule has 0 saturated heterocycles. The van der Waals surface area contributed by atoms with Gasteiger partial charge in [-0.2, -0.15) is 15.0 Å². The SMILES string of the molecule is NCCn1nc2ccc(Cl)cc2n1. The minimum Gasteiger partial charge on any atom is -0.329 e. The van der Waals surface area contributed by atoms with E-state index in [1.54, 1.807) is 16.9 Å². The van der Waals surface area contributed by atoms with Gasteiger partial charge in [-0.1, -0.05) is 11.6 Å². The van der Waals surface area contributed by atoms with Gasteiger partial charge in [0.2, 0.25) is 0 Å². The van der Waals surface area contributed by atoms with Crippen LogP contribution in [0.5, 0.6) is 0 Å². The van der Waals surface area contributed by atoms with Gasteiger partial charge in [-0.25, -0.2) is 0 Å². The maximum absolute atomic E-state index is 5.80. The fourth-order valence-electron chi connectivity index (χ4n) is 1.15.